The molecule has 1 aromatic rings. The van der Waals surface area contributed by atoms with Gasteiger partial charge in [-0.3, -0.25) is 0 Å². The third-order valence-electron chi connectivity index (χ3n) is 3.61. The fourth-order valence-corrected chi connectivity index (χ4v) is 2.37. The van der Waals surface area contributed by atoms with Gasteiger partial charge < -0.3 is 15.0 Å². The van der Waals surface area contributed by atoms with Gasteiger partial charge in [-0.05, 0) is 25.7 Å². The van der Waals surface area contributed by atoms with Crippen LogP contribution in [0.15, 0.2) is 6.07 Å². The molecular formula is C16H28N4O. The van der Waals surface area contributed by atoms with Crippen LogP contribution in [0.2, 0.25) is 0 Å². The minimum absolute atomic E-state index is 0.628. The van der Waals surface area contributed by atoms with Crippen molar-refractivity contribution in [1.82, 2.24) is 9.97 Å². The number of aryl methyl sites for hydroxylation is 1. The lowest BCUT2D eigenvalue weighted by Crippen LogP contribution is -2.30. The Bertz CT molecular complexity index is 434. The van der Waals surface area contributed by atoms with Crippen LogP contribution >= 0.6 is 0 Å². The van der Waals surface area contributed by atoms with Gasteiger partial charge >= 0.3 is 0 Å². The molecule has 1 N–H and O–H groups in total. The van der Waals surface area contributed by atoms with E-state index in [1.165, 1.54) is 12.8 Å². The maximum atomic E-state index is 5.24. The van der Waals surface area contributed by atoms with Gasteiger partial charge in [-0.25, -0.2) is 9.97 Å². The van der Waals surface area contributed by atoms with Crippen LogP contribution in [0.5, 0.6) is 0 Å². The first-order chi connectivity index (χ1) is 10.3. The summed E-state index contributed by atoms with van der Waals surface area (Å²) in [4.78, 5) is 11.8. The van der Waals surface area contributed by atoms with Crippen molar-refractivity contribution in [3.8, 4) is 0 Å². The van der Waals surface area contributed by atoms with E-state index in [0.29, 0.717) is 6.04 Å². The van der Waals surface area contributed by atoms with Crippen molar-refractivity contribution in [3.63, 3.8) is 0 Å². The van der Waals surface area contributed by atoms with Crippen LogP contribution in [0.25, 0.3) is 0 Å². The quantitative estimate of drug-likeness (QED) is 0.718. The van der Waals surface area contributed by atoms with Gasteiger partial charge in [0.15, 0.2) is 0 Å². The van der Waals surface area contributed by atoms with Gasteiger partial charge in [0.25, 0.3) is 0 Å². The van der Waals surface area contributed by atoms with Crippen molar-refractivity contribution in [3.05, 3.63) is 11.9 Å². The third kappa shape index (κ3) is 4.84. The molecule has 1 fully saturated rings. The van der Waals surface area contributed by atoms with Crippen LogP contribution in [0.3, 0.4) is 0 Å². The van der Waals surface area contributed by atoms with E-state index in [1.54, 1.807) is 7.11 Å². The number of aromatic nitrogens is 2. The van der Waals surface area contributed by atoms with Crippen LogP contribution in [-0.2, 0) is 11.2 Å². The first-order valence-electron chi connectivity index (χ1n) is 8.15. The van der Waals surface area contributed by atoms with E-state index < -0.39 is 0 Å². The van der Waals surface area contributed by atoms with Gasteiger partial charge in [0.05, 0.1) is 6.61 Å². The molecule has 1 heterocycles. The summed E-state index contributed by atoms with van der Waals surface area (Å²) in [6.45, 7) is 6.91. The van der Waals surface area contributed by atoms with Crippen molar-refractivity contribution < 1.29 is 4.74 Å². The molecular weight excluding hydrogens is 264 g/mol. The SMILES string of the molecule is CCCNc1cc(N(CCOC)C2CC2)nc(CCC)n1. The Morgan fingerprint density at radius 1 is 1.29 bits per heavy atom. The summed E-state index contributed by atoms with van der Waals surface area (Å²) in [6.07, 6.45) is 5.61. The van der Waals surface area contributed by atoms with Crippen LogP contribution in [-0.4, -0.2) is 42.8 Å². The number of nitrogens with zero attached hydrogens (tertiary/aromatic N) is 3. The average molecular weight is 292 g/mol. The molecule has 0 amide bonds. The molecule has 1 aromatic heterocycles. The van der Waals surface area contributed by atoms with E-state index in [-0.39, 0.29) is 0 Å². The maximum Gasteiger partial charge on any atom is 0.134 e. The maximum absolute atomic E-state index is 5.24. The normalized spacial score (nSPS) is 14.2. The molecule has 5 heteroatoms. The number of ether oxygens (including phenoxy) is 1. The van der Waals surface area contributed by atoms with Crippen molar-refractivity contribution in [1.29, 1.82) is 0 Å². The first kappa shape index (κ1) is 16.0. The predicted molar refractivity (Wildman–Crippen MR) is 87.1 cm³/mol. The Morgan fingerprint density at radius 3 is 2.71 bits per heavy atom. The highest BCUT2D eigenvalue weighted by atomic mass is 16.5. The third-order valence-corrected chi connectivity index (χ3v) is 3.61. The molecule has 2 rings (SSSR count). The second-order valence-electron chi connectivity index (χ2n) is 5.62. The van der Waals surface area contributed by atoms with E-state index in [4.69, 9.17) is 9.72 Å². The zero-order valence-corrected chi connectivity index (χ0v) is 13.6. The zero-order chi connectivity index (χ0) is 15.1. The average Bonchev–Trinajstić information content (AvgIpc) is 3.30. The monoisotopic (exact) mass is 292 g/mol. The second kappa shape index (κ2) is 8.17. The number of nitrogens with one attached hydrogen (secondary N) is 1. The van der Waals surface area contributed by atoms with Gasteiger partial charge in [-0.1, -0.05) is 13.8 Å². The topological polar surface area (TPSA) is 50.3 Å². The minimum Gasteiger partial charge on any atom is -0.383 e. The van der Waals surface area contributed by atoms with Crippen molar-refractivity contribution in [2.45, 2.75) is 52.0 Å². The van der Waals surface area contributed by atoms with Crippen molar-refractivity contribution in [2.24, 2.45) is 0 Å². The molecule has 1 aliphatic rings. The molecule has 0 bridgehead atoms. The summed E-state index contributed by atoms with van der Waals surface area (Å²) in [7, 11) is 1.75. The molecule has 1 aliphatic carbocycles. The summed E-state index contributed by atoms with van der Waals surface area (Å²) in [5, 5.41) is 3.39. The number of anilines is 2. The largest absolute Gasteiger partial charge is 0.383 e. The van der Waals surface area contributed by atoms with Gasteiger partial charge in [-0.15, -0.1) is 0 Å². The molecule has 0 radical (unpaired) electrons. The molecule has 0 unspecified atom stereocenters. The fourth-order valence-electron chi connectivity index (χ4n) is 2.37. The van der Waals surface area contributed by atoms with E-state index in [0.717, 1.165) is 56.4 Å². The van der Waals surface area contributed by atoms with E-state index in [1.807, 2.05) is 0 Å². The highest BCUT2D eigenvalue weighted by Gasteiger charge is 2.30. The van der Waals surface area contributed by atoms with Gasteiger partial charge in [0, 0.05) is 38.7 Å². The summed E-state index contributed by atoms with van der Waals surface area (Å²) in [5.74, 6) is 2.94. The first-order valence-corrected chi connectivity index (χ1v) is 8.15. The smallest absolute Gasteiger partial charge is 0.134 e. The van der Waals surface area contributed by atoms with Crippen LogP contribution < -0.4 is 10.2 Å². The molecule has 5 nitrogen and oxygen atoms in total. The molecule has 0 saturated heterocycles. The molecule has 0 spiro atoms. The molecule has 118 valence electrons. The minimum atomic E-state index is 0.628. The Labute approximate surface area is 128 Å². The van der Waals surface area contributed by atoms with Crippen molar-refractivity contribution >= 4 is 11.6 Å². The summed E-state index contributed by atoms with van der Waals surface area (Å²) < 4.78 is 5.24. The second-order valence-corrected chi connectivity index (χ2v) is 5.62. The lowest BCUT2D eigenvalue weighted by Gasteiger charge is -2.24. The van der Waals surface area contributed by atoms with Crippen LogP contribution in [0.1, 0.15) is 45.4 Å². The van der Waals surface area contributed by atoms with Crippen LogP contribution in [0.4, 0.5) is 11.6 Å². The highest BCUT2D eigenvalue weighted by Crippen LogP contribution is 2.31. The summed E-state index contributed by atoms with van der Waals surface area (Å²) in [5.41, 5.74) is 0. The number of rotatable bonds is 10. The Morgan fingerprint density at radius 2 is 2.10 bits per heavy atom. The van der Waals surface area contributed by atoms with Crippen LogP contribution in [0, 0.1) is 0 Å². The van der Waals surface area contributed by atoms with Gasteiger partial charge in [-0.2, -0.15) is 0 Å². The summed E-state index contributed by atoms with van der Waals surface area (Å²) in [6, 6.07) is 2.71. The number of hydrogen-bond acceptors (Lipinski definition) is 5. The van der Waals surface area contributed by atoms with Gasteiger partial charge in [0.2, 0.25) is 0 Å². The molecule has 21 heavy (non-hydrogen) atoms. The molecule has 0 atom stereocenters. The molecule has 0 aromatic carbocycles. The molecule has 0 aliphatic heterocycles. The number of methoxy groups -OCH3 is 1. The van der Waals surface area contributed by atoms with E-state index in [2.05, 4.69) is 35.1 Å². The van der Waals surface area contributed by atoms with Crippen molar-refractivity contribution in [2.75, 3.05) is 37.0 Å². The lowest BCUT2D eigenvalue weighted by molar-refractivity contribution is 0.204. The zero-order valence-electron chi connectivity index (χ0n) is 13.6. The lowest BCUT2D eigenvalue weighted by atomic mass is 10.3. The molecule has 1 saturated carbocycles. The Hall–Kier alpha value is -1.36. The van der Waals surface area contributed by atoms with E-state index in [9.17, 15) is 0 Å². The number of hydrogen-bond donors (Lipinski definition) is 1. The van der Waals surface area contributed by atoms with E-state index >= 15 is 0 Å². The summed E-state index contributed by atoms with van der Waals surface area (Å²) >= 11 is 0. The Kier molecular flexibility index (Phi) is 6.23. The Balaban J connectivity index is 2.19. The fraction of sp³-hybridized carbons (Fsp3) is 0.750. The van der Waals surface area contributed by atoms with Gasteiger partial charge in [0.1, 0.15) is 17.5 Å². The highest BCUT2D eigenvalue weighted by molar-refractivity contribution is 5.51. The standard InChI is InChI=1S/C16H28N4O/c1-4-6-14-18-15(17-9-5-2)12-16(19-14)20(10-11-21-3)13-7-8-13/h12-13H,4-11H2,1-3H3,(H,17,18,19). The predicted octanol–water partition coefficient (Wildman–Crippen LogP) is 2.87.